The van der Waals surface area contributed by atoms with Gasteiger partial charge in [-0.25, -0.2) is 0 Å². The van der Waals surface area contributed by atoms with Crippen molar-refractivity contribution in [2.45, 2.75) is 20.3 Å². The molecular weight excluding hydrogens is 354 g/mol. The van der Waals surface area contributed by atoms with Crippen LogP contribution in [0.5, 0.6) is 5.75 Å². The topological polar surface area (TPSA) is 81.7 Å². The summed E-state index contributed by atoms with van der Waals surface area (Å²) in [6, 6.07) is 5.09. The second kappa shape index (κ2) is 8.33. The van der Waals surface area contributed by atoms with Gasteiger partial charge in [-0.15, -0.1) is 0 Å². The third kappa shape index (κ3) is 6.09. The van der Waals surface area contributed by atoms with Crippen LogP contribution in [0.2, 0.25) is 0 Å². The van der Waals surface area contributed by atoms with E-state index in [0.29, 0.717) is 15.9 Å². The van der Waals surface area contributed by atoms with Gasteiger partial charge in [-0.2, -0.15) is 0 Å². The number of carbonyl (C=O) groups is 3. The lowest BCUT2D eigenvalue weighted by molar-refractivity contribution is -0.137. The van der Waals surface area contributed by atoms with E-state index in [4.69, 9.17) is 9.47 Å². The van der Waals surface area contributed by atoms with Crippen molar-refractivity contribution >= 4 is 39.3 Å². The average molecular weight is 370 g/mol. The molecule has 22 heavy (non-hydrogen) atoms. The fourth-order valence-electron chi connectivity index (χ4n) is 1.59. The molecule has 118 valence electrons. The number of hydrogen-bond acceptors (Lipinski definition) is 5. The van der Waals surface area contributed by atoms with Gasteiger partial charge >= 0.3 is 5.97 Å². The number of hydrogen-bond donors (Lipinski definition) is 1. The van der Waals surface area contributed by atoms with Crippen molar-refractivity contribution in [1.29, 1.82) is 0 Å². The lowest BCUT2D eigenvalue weighted by Crippen LogP contribution is -2.12. The summed E-state index contributed by atoms with van der Waals surface area (Å²) in [5, 5.41) is 2.62. The lowest BCUT2D eigenvalue weighted by atomic mass is 10.2. The van der Waals surface area contributed by atoms with Gasteiger partial charge < -0.3 is 14.8 Å². The minimum atomic E-state index is -0.595. The van der Waals surface area contributed by atoms with Crippen molar-refractivity contribution < 1.29 is 23.9 Å². The van der Waals surface area contributed by atoms with Gasteiger partial charge in [0.25, 0.3) is 5.91 Å². The Balaban J connectivity index is 2.91. The molecule has 6 nitrogen and oxygen atoms in total. The number of carbonyl (C=O) groups excluding carboxylic acids is 3. The highest BCUT2D eigenvalue weighted by molar-refractivity contribution is 9.10. The number of Topliss-reactive ketones (excluding diaryl/α,β-unsaturated/α-hetero) is 1. The van der Waals surface area contributed by atoms with Crippen LogP contribution in [0.3, 0.4) is 0 Å². The molecule has 0 heterocycles. The Kier molecular flexibility index (Phi) is 6.78. The summed E-state index contributed by atoms with van der Waals surface area (Å²) < 4.78 is 10.6. The smallest absolute Gasteiger partial charge is 0.307 e. The largest absolute Gasteiger partial charge is 0.497 e. The Hall–Kier alpha value is -2.15. The molecule has 0 aliphatic rings. The number of halogens is 1. The Morgan fingerprint density at radius 2 is 1.95 bits per heavy atom. The number of anilines is 1. The maximum absolute atomic E-state index is 12.0. The van der Waals surface area contributed by atoms with E-state index in [1.807, 2.05) is 0 Å². The van der Waals surface area contributed by atoms with Gasteiger partial charge in [-0.05, 0) is 35.0 Å². The van der Waals surface area contributed by atoms with Gasteiger partial charge in [0.1, 0.15) is 17.3 Å². The zero-order valence-electron chi connectivity index (χ0n) is 12.4. The molecule has 1 aromatic carbocycles. The van der Waals surface area contributed by atoms with Crippen LogP contribution in [-0.4, -0.2) is 24.8 Å². The van der Waals surface area contributed by atoms with Gasteiger partial charge in [0.05, 0.1) is 19.2 Å². The summed E-state index contributed by atoms with van der Waals surface area (Å²) in [4.78, 5) is 34.1. The number of ether oxygens (including phenoxy) is 2. The maximum atomic E-state index is 12.0. The fourth-order valence-corrected chi connectivity index (χ4v) is 1.93. The molecule has 1 aromatic rings. The monoisotopic (exact) mass is 369 g/mol. The highest BCUT2D eigenvalue weighted by atomic mass is 79.9. The highest BCUT2D eigenvalue weighted by Gasteiger charge is 2.11. The van der Waals surface area contributed by atoms with Crippen molar-refractivity contribution in [2.75, 3.05) is 12.4 Å². The molecule has 0 unspecified atom stereocenters. The zero-order valence-corrected chi connectivity index (χ0v) is 14.0. The second-order valence-corrected chi connectivity index (χ2v) is 5.27. The summed E-state index contributed by atoms with van der Waals surface area (Å²) in [5.74, 6) is -0.764. The van der Waals surface area contributed by atoms with Crippen molar-refractivity contribution in [1.82, 2.24) is 0 Å². The van der Waals surface area contributed by atoms with E-state index in [1.165, 1.54) is 21.0 Å². The third-order valence-electron chi connectivity index (χ3n) is 2.42. The number of methoxy groups -OCH3 is 1. The molecule has 0 spiro atoms. The van der Waals surface area contributed by atoms with Gasteiger partial charge in [0, 0.05) is 23.5 Å². The summed E-state index contributed by atoms with van der Waals surface area (Å²) in [5.41, 5.74) is 0.491. The summed E-state index contributed by atoms with van der Waals surface area (Å²) in [7, 11) is 1.51. The Labute approximate surface area is 136 Å². The first-order valence-corrected chi connectivity index (χ1v) is 7.14. The van der Waals surface area contributed by atoms with Crippen LogP contribution in [0.25, 0.3) is 0 Å². The van der Waals surface area contributed by atoms with Gasteiger partial charge in [0.2, 0.25) is 0 Å². The number of nitrogens with one attached hydrogen (secondary N) is 1. The van der Waals surface area contributed by atoms with Crippen LogP contribution >= 0.6 is 15.9 Å². The van der Waals surface area contributed by atoms with E-state index < -0.39 is 11.9 Å². The normalized spacial score (nSPS) is 10.8. The number of amides is 1. The third-order valence-corrected chi connectivity index (χ3v) is 3.11. The quantitative estimate of drug-likeness (QED) is 0.473. The molecule has 0 aromatic heterocycles. The predicted molar refractivity (Wildman–Crippen MR) is 84.5 cm³/mol. The van der Waals surface area contributed by atoms with Gasteiger partial charge in [0.15, 0.2) is 0 Å². The number of benzene rings is 1. The highest BCUT2D eigenvalue weighted by Crippen LogP contribution is 2.27. The number of esters is 1. The van der Waals surface area contributed by atoms with E-state index in [9.17, 15) is 14.4 Å². The molecule has 0 saturated carbocycles. The summed E-state index contributed by atoms with van der Waals surface area (Å²) >= 11 is 3.30. The molecule has 0 aliphatic carbocycles. The van der Waals surface area contributed by atoms with E-state index in [2.05, 4.69) is 21.2 Å². The van der Waals surface area contributed by atoms with Crippen LogP contribution in [0.15, 0.2) is 34.5 Å². The Bertz CT molecular complexity index is 606. The van der Waals surface area contributed by atoms with Crippen molar-refractivity contribution in [3.8, 4) is 5.75 Å². The second-order valence-electron chi connectivity index (χ2n) is 4.42. The molecule has 0 saturated heterocycles. The molecule has 0 fully saturated rings. The SMILES string of the molecule is COc1ccc(Br)c(NC(=O)C=C(CC(C)=O)OC(C)=O)c1. The molecule has 0 radical (unpaired) electrons. The maximum Gasteiger partial charge on any atom is 0.307 e. The standard InChI is InChI=1S/C15H16BrNO5/c1-9(18)6-12(22-10(2)19)8-15(20)17-14-7-11(21-3)4-5-13(14)16/h4-5,7-8H,6H2,1-3H3,(H,17,20). The van der Waals surface area contributed by atoms with Crippen LogP contribution in [0, 0.1) is 0 Å². The molecule has 1 rings (SSSR count). The lowest BCUT2D eigenvalue weighted by Gasteiger charge is -2.09. The zero-order chi connectivity index (χ0) is 16.7. The first-order chi connectivity index (χ1) is 10.3. The van der Waals surface area contributed by atoms with Crippen LogP contribution in [-0.2, 0) is 19.1 Å². The summed E-state index contributed by atoms with van der Waals surface area (Å²) in [6.07, 6.45) is 0.945. The molecular formula is C15H16BrNO5. The number of ketones is 1. The van der Waals surface area contributed by atoms with Crippen molar-refractivity contribution in [2.24, 2.45) is 0 Å². The van der Waals surface area contributed by atoms with Crippen molar-refractivity contribution in [3.63, 3.8) is 0 Å². The Morgan fingerprint density at radius 3 is 2.50 bits per heavy atom. The first-order valence-electron chi connectivity index (χ1n) is 6.34. The van der Waals surface area contributed by atoms with Gasteiger partial charge in [-0.1, -0.05) is 0 Å². The minimum absolute atomic E-state index is 0.00322. The average Bonchev–Trinajstić information content (AvgIpc) is 2.39. The van der Waals surface area contributed by atoms with E-state index in [-0.39, 0.29) is 18.0 Å². The molecule has 0 bridgehead atoms. The number of rotatable bonds is 6. The predicted octanol–water partition coefficient (Wildman–Crippen LogP) is 2.82. The molecule has 7 heteroatoms. The molecule has 0 aliphatic heterocycles. The fraction of sp³-hybridized carbons (Fsp3) is 0.267. The molecule has 1 amide bonds. The summed E-state index contributed by atoms with van der Waals surface area (Å²) in [6.45, 7) is 2.54. The van der Waals surface area contributed by atoms with Crippen LogP contribution < -0.4 is 10.1 Å². The van der Waals surface area contributed by atoms with E-state index >= 15 is 0 Å². The van der Waals surface area contributed by atoms with E-state index in [1.54, 1.807) is 18.2 Å². The minimum Gasteiger partial charge on any atom is -0.497 e. The van der Waals surface area contributed by atoms with E-state index in [0.717, 1.165) is 6.08 Å². The van der Waals surface area contributed by atoms with Crippen LogP contribution in [0.1, 0.15) is 20.3 Å². The van der Waals surface area contributed by atoms with Crippen molar-refractivity contribution in [3.05, 3.63) is 34.5 Å². The molecule has 1 N–H and O–H groups in total. The van der Waals surface area contributed by atoms with Gasteiger partial charge in [-0.3, -0.25) is 14.4 Å². The number of allylic oxidation sites excluding steroid dienone is 1. The van der Waals surface area contributed by atoms with Crippen LogP contribution in [0.4, 0.5) is 5.69 Å². The molecule has 0 atom stereocenters. The Morgan fingerprint density at radius 1 is 1.27 bits per heavy atom. The first kappa shape index (κ1) is 17.9.